The van der Waals surface area contributed by atoms with E-state index in [0.29, 0.717) is 0 Å². The van der Waals surface area contributed by atoms with Crippen LogP contribution in [-0.2, 0) is 13.6 Å². The summed E-state index contributed by atoms with van der Waals surface area (Å²) in [5.41, 5.74) is 0. The Hall–Kier alpha value is 0.0700. The summed E-state index contributed by atoms with van der Waals surface area (Å²) in [5, 5.41) is 17.4. The first-order valence-corrected chi connectivity index (χ1v) is 5.27. The van der Waals surface area contributed by atoms with Gasteiger partial charge in [-0.3, -0.25) is 4.57 Å². The third-order valence-electron chi connectivity index (χ3n) is 1.55. The molecule has 0 unspecified atom stereocenters. The van der Waals surface area contributed by atoms with Crippen molar-refractivity contribution in [3.8, 4) is 0 Å². The fourth-order valence-electron chi connectivity index (χ4n) is 0.713. The summed E-state index contributed by atoms with van der Waals surface area (Å²) in [7, 11) is -0.543. The Bertz CT molecular complexity index is 148. The molecule has 0 aliphatic carbocycles. The zero-order valence-corrected chi connectivity index (χ0v) is 8.16. The first-order valence-electron chi connectivity index (χ1n) is 3.54. The Balaban J connectivity index is 4.09. The summed E-state index contributed by atoms with van der Waals surface area (Å²) >= 11 is 0. The van der Waals surface area contributed by atoms with E-state index in [1.54, 1.807) is 0 Å². The molecule has 12 heavy (non-hydrogen) atoms. The van der Waals surface area contributed by atoms with Crippen LogP contribution in [0.5, 0.6) is 0 Å². The van der Waals surface area contributed by atoms with Gasteiger partial charge < -0.3 is 19.3 Å². The highest BCUT2D eigenvalue weighted by Gasteiger charge is 2.25. The second-order valence-corrected chi connectivity index (χ2v) is 4.71. The number of aliphatic hydroxyl groups excluding tert-OH is 2. The molecule has 0 saturated carbocycles. The lowest BCUT2D eigenvalue weighted by Crippen LogP contribution is -2.16. The van der Waals surface area contributed by atoms with E-state index in [9.17, 15) is 4.57 Å². The number of rotatable bonds is 6. The fraction of sp³-hybridized carbons (Fsp3) is 1.00. The maximum Gasteiger partial charge on any atom is 0.330 e. The molecule has 0 radical (unpaired) electrons. The summed E-state index contributed by atoms with van der Waals surface area (Å²) in [6.07, 6.45) is 0.0347. The molecule has 6 heteroatoms. The van der Waals surface area contributed by atoms with Crippen LogP contribution in [0.2, 0.25) is 0 Å². The van der Waals surface area contributed by atoms with Crippen molar-refractivity contribution in [3.63, 3.8) is 0 Å². The highest BCUT2D eigenvalue weighted by Crippen LogP contribution is 2.47. The standard InChI is InChI=1S/C6H15O5P/c1-10-12(9,11-2)5-6(3-7)4-8/h6-8H,3-5H2,1-2H3. The minimum absolute atomic E-state index is 0.0347. The van der Waals surface area contributed by atoms with Crippen molar-refractivity contribution >= 4 is 7.60 Å². The zero-order chi connectivity index (χ0) is 9.61. The van der Waals surface area contributed by atoms with Crippen molar-refractivity contribution in [1.82, 2.24) is 0 Å². The van der Waals surface area contributed by atoms with Gasteiger partial charge in [0.1, 0.15) is 0 Å². The van der Waals surface area contributed by atoms with Crippen LogP contribution < -0.4 is 0 Å². The number of aliphatic hydroxyl groups is 2. The van der Waals surface area contributed by atoms with Gasteiger partial charge in [-0.1, -0.05) is 0 Å². The highest BCUT2D eigenvalue weighted by molar-refractivity contribution is 7.53. The Morgan fingerprint density at radius 3 is 1.92 bits per heavy atom. The fourth-order valence-corrected chi connectivity index (χ4v) is 2.02. The van der Waals surface area contributed by atoms with Gasteiger partial charge in [-0.25, -0.2) is 0 Å². The molecule has 0 spiro atoms. The van der Waals surface area contributed by atoms with Crippen LogP contribution >= 0.6 is 7.60 Å². The first-order chi connectivity index (χ1) is 5.61. The predicted octanol–water partition coefficient (Wildman–Crippen LogP) is 0.0731. The summed E-state index contributed by atoms with van der Waals surface area (Å²) < 4.78 is 20.7. The molecule has 0 aliphatic heterocycles. The van der Waals surface area contributed by atoms with E-state index in [1.165, 1.54) is 14.2 Å². The Morgan fingerprint density at radius 2 is 1.67 bits per heavy atom. The topological polar surface area (TPSA) is 76.0 Å². The van der Waals surface area contributed by atoms with Crippen molar-refractivity contribution in [3.05, 3.63) is 0 Å². The van der Waals surface area contributed by atoms with Gasteiger partial charge >= 0.3 is 7.60 Å². The van der Waals surface area contributed by atoms with Crippen LogP contribution in [0.25, 0.3) is 0 Å². The maximum absolute atomic E-state index is 11.4. The molecule has 0 fully saturated rings. The Morgan fingerprint density at radius 1 is 1.25 bits per heavy atom. The van der Waals surface area contributed by atoms with E-state index in [2.05, 4.69) is 9.05 Å². The molecule has 0 atom stereocenters. The van der Waals surface area contributed by atoms with Crippen molar-refractivity contribution in [2.75, 3.05) is 33.6 Å². The molecule has 0 bridgehead atoms. The minimum Gasteiger partial charge on any atom is -0.396 e. The van der Waals surface area contributed by atoms with Crippen molar-refractivity contribution in [1.29, 1.82) is 0 Å². The lowest BCUT2D eigenvalue weighted by atomic mass is 10.2. The van der Waals surface area contributed by atoms with Gasteiger partial charge in [0.15, 0.2) is 0 Å². The average Bonchev–Trinajstić information content (AvgIpc) is 2.14. The largest absolute Gasteiger partial charge is 0.396 e. The zero-order valence-electron chi connectivity index (χ0n) is 7.27. The molecule has 0 amide bonds. The molecule has 0 aromatic carbocycles. The van der Waals surface area contributed by atoms with Crippen LogP contribution in [0, 0.1) is 5.92 Å². The smallest absolute Gasteiger partial charge is 0.330 e. The molecule has 2 N–H and O–H groups in total. The van der Waals surface area contributed by atoms with E-state index in [1.807, 2.05) is 0 Å². The highest BCUT2D eigenvalue weighted by atomic mass is 31.2. The van der Waals surface area contributed by atoms with E-state index in [4.69, 9.17) is 10.2 Å². The van der Waals surface area contributed by atoms with Gasteiger partial charge in [0, 0.05) is 33.4 Å². The second-order valence-electron chi connectivity index (χ2n) is 2.39. The second kappa shape index (κ2) is 5.67. The monoisotopic (exact) mass is 198 g/mol. The minimum atomic E-state index is -3.09. The quantitative estimate of drug-likeness (QED) is 0.591. The van der Waals surface area contributed by atoms with Crippen LogP contribution in [0.1, 0.15) is 0 Å². The molecule has 0 aliphatic rings. The number of hydrogen-bond acceptors (Lipinski definition) is 5. The molecule has 0 aromatic rings. The summed E-state index contributed by atoms with van der Waals surface area (Å²) in [6, 6.07) is 0. The van der Waals surface area contributed by atoms with Crippen molar-refractivity contribution in [2.45, 2.75) is 0 Å². The molecule has 0 rings (SSSR count). The molecular weight excluding hydrogens is 183 g/mol. The van der Waals surface area contributed by atoms with Crippen LogP contribution in [0.4, 0.5) is 0 Å². The molecule has 74 valence electrons. The first kappa shape index (κ1) is 12.1. The average molecular weight is 198 g/mol. The number of hydrogen-bond donors (Lipinski definition) is 2. The van der Waals surface area contributed by atoms with Crippen molar-refractivity contribution < 1.29 is 23.8 Å². The van der Waals surface area contributed by atoms with Gasteiger partial charge in [-0.05, 0) is 0 Å². The molecule has 0 saturated heterocycles. The Labute approximate surface area is 71.8 Å². The molecular formula is C6H15O5P. The lowest BCUT2D eigenvalue weighted by molar-refractivity contribution is 0.155. The van der Waals surface area contributed by atoms with E-state index >= 15 is 0 Å². The van der Waals surface area contributed by atoms with Gasteiger partial charge in [-0.15, -0.1) is 0 Å². The third kappa shape index (κ3) is 3.65. The lowest BCUT2D eigenvalue weighted by Gasteiger charge is -2.17. The van der Waals surface area contributed by atoms with Crippen LogP contribution in [0.3, 0.4) is 0 Å². The maximum atomic E-state index is 11.4. The van der Waals surface area contributed by atoms with E-state index in [-0.39, 0.29) is 19.4 Å². The van der Waals surface area contributed by atoms with Crippen LogP contribution in [0.15, 0.2) is 0 Å². The van der Waals surface area contributed by atoms with E-state index < -0.39 is 13.5 Å². The summed E-state index contributed by atoms with van der Waals surface area (Å²) in [4.78, 5) is 0. The van der Waals surface area contributed by atoms with Gasteiger partial charge in [0.25, 0.3) is 0 Å². The van der Waals surface area contributed by atoms with E-state index in [0.717, 1.165) is 0 Å². The molecule has 0 aromatic heterocycles. The normalized spacial score (nSPS) is 12.4. The predicted molar refractivity (Wildman–Crippen MR) is 44.2 cm³/mol. The summed E-state index contributed by atoms with van der Waals surface area (Å²) in [5.74, 6) is -0.448. The molecule has 5 nitrogen and oxygen atoms in total. The van der Waals surface area contributed by atoms with Crippen LogP contribution in [-0.4, -0.2) is 43.8 Å². The van der Waals surface area contributed by atoms with Gasteiger partial charge in [0.05, 0.1) is 6.16 Å². The van der Waals surface area contributed by atoms with Crippen molar-refractivity contribution in [2.24, 2.45) is 5.92 Å². The SMILES string of the molecule is COP(=O)(CC(CO)CO)OC. The third-order valence-corrected chi connectivity index (χ3v) is 3.63. The van der Waals surface area contributed by atoms with Gasteiger partial charge in [-0.2, -0.15) is 0 Å². The summed E-state index contributed by atoms with van der Waals surface area (Å²) in [6.45, 7) is -0.458. The Kier molecular flexibility index (Phi) is 5.70. The molecule has 0 heterocycles. The van der Waals surface area contributed by atoms with Gasteiger partial charge in [0.2, 0.25) is 0 Å².